The van der Waals surface area contributed by atoms with Crippen molar-refractivity contribution >= 4 is 63.5 Å². The zero-order valence-corrected chi connectivity index (χ0v) is 27.0. The van der Waals surface area contributed by atoms with Gasteiger partial charge >= 0.3 is 0 Å². The largest absolute Gasteiger partial charge is 0.459 e. The third-order valence-corrected chi connectivity index (χ3v) is 10.2. The lowest BCUT2D eigenvalue weighted by atomic mass is 9.95. The standard InChI is InChI=1S/C33H32Cl4N2O2S/c34-23-9-7-21(19-25(23)36)27-11-13-29(40-27)31(38-15-3-1-4-16-38)33(42)32(39-17-5-2-6-18-39)30-14-12-28(41-30)22-8-10-24(35)26(37)20-22/h7-14,19-20,31-32H,1-6,15-18H2. The van der Waals surface area contributed by atoms with E-state index in [1.54, 1.807) is 12.1 Å². The van der Waals surface area contributed by atoms with Gasteiger partial charge in [-0.25, -0.2) is 0 Å². The molecule has 2 aromatic carbocycles. The normalized spacial score (nSPS) is 18.2. The first-order valence-electron chi connectivity index (χ1n) is 14.5. The molecule has 2 saturated heterocycles. The maximum absolute atomic E-state index is 6.57. The highest BCUT2D eigenvalue weighted by Gasteiger charge is 2.38. The van der Waals surface area contributed by atoms with Crippen LogP contribution in [0, 0.1) is 0 Å². The molecule has 6 rings (SSSR count). The Kier molecular flexibility index (Phi) is 9.66. The summed E-state index contributed by atoms with van der Waals surface area (Å²) in [6.45, 7) is 3.86. The van der Waals surface area contributed by atoms with E-state index in [4.69, 9.17) is 67.5 Å². The number of hydrogen-bond acceptors (Lipinski definition) is 5. The van der Waals surface area contributed by atoms with E-state index in [1.807, 2.05) is 36.4 Å². The first-order chi connectivity index (χ1) is 20.4. The van der Waals surface area contributed by atoms with Crippen molar-refractivity contribution in [3.05, 3.63) is 92.3 Å². The Balaban J connectivity index is 1.38. The molecule has 2 aliphatic rings. The average molecular weight is 663 g/mol. The van der Waals surface area contributed by atoms with Gasteiger partial charge in [-0.1, -0.05) is 71.5 Å². The van der Waals surface area contributed by atoms with Crippen LogP contribution in [0.2, 0.25) is 20.1 Å². The predicted octanol–water partition coefficient (Wildman–Crippen LogP) is 10.9. The van der Waals surface area contributed by atoms with Gasteiger partial charge in [0.05, 0.1) is 20.1 Å². The summed E-state index contributed by atoms with van der Waals surface area (Å²) in [5.41, 5.74) is 1.76. The molecule has 0 N–H and O–H groups in total. The zero-order chi connectivity index (χ0) is 29.2. The third-order valence-electron chi connectivity index (χ3n) is 8.25. The number of thiocarbonyl (C=S) groups is 1. The maximum Gasteiger partial charge on any atom is 0.134 e. The first-order valence-corrected chi connectivity index (χ1v) is 16.4. The molecule has 42 heavy (non-hydrogen) atoms. The van der Waals surface area contributed by atoms with Crippen LogP contribution in [0.1, 0.15) is 62.1 Å². The van der Waals surface area contributed by atoms with Gasteiger partial charge in [0.2, 0.25) is 0 Å². The fourth-order valence-electron chi connectivity index (χ4n) is 6.11. The minimum Gasteiger partial charge on any atom is -0.459 e. The Morgan fingerprint density at radius 2 is 0.952 bits per heavy atom. The Labute approximate surface area is 272 Å². The quantitative estimate of drug-likeness (QED) is 0.175. The Morgan fingerprint density at radius 3 is 1.33 bits per heavy atom. The van der Waals surface area contributed by atoms with Crippen LogP contribution in [0.25, 0.3) is 22.6 Å². The summed E-state index contributed by atoms with van der Waals surface area (Å²) in [7, 11) is 0. The summed E-state index contributed by atoms with van der Waals surface area (Å²) in [5, 5.41) is 2.03. The van der Waals surface area contributed by atoms with Crippen molar-refractivity contribution in [1.82, 2.24) is 9.80 Å². The number of rotatable bonds is 8. The van der Waals surface area contributed by atoms with Gasteiger partial charge in [0.15, 0.2) is 0 Å². The highest BCUT2D eigenvalue weighted by molar-refractivity contribution is 7.80. The first kappa shape index (κ1) is 30.2. The molecule has 0 saturated carbocycles. The van der Waals surface area contributed by atoms with Crippen LogP contribution in [0.3, 0.4) is 0 Å². The van der Waals surface area contributed by atoms with Crippen LogP contribution in [0.5, 0.6) is 0 Å². The zero-order valence-electron chi connectivity index (χ0n) is 23.1. The molecule has 2 aliphatic heterocycles. The van der Waals surface area contributed by atoms with E-state index >= 15 is 0 Å². The molecule has 0 radical (unpaired) electrons. The number of piperidine rings is 2. The fraction of sp³-hybridized carbons (Fsp3) is 0.364. The second-order valence-corrected chi connectivity index (χ2v) is 13.2. The van der Waals surface area contributed by atoms with E-state index in [1.165, 1.54) is 12.8 Å². The minimum absolute atomic E-state index is 0.178. The van der Waals surface area contributed by atoms with Crippen molar-refractivity contribution in [2.24, 2.45) is 0 Å². The van der Waals surface area contributed by atoms with Crippen molar-refractivity contribution in [2.75, 3.05) is 26.2 Å². The lowest BCUT2D eigenvalue weighted by Crippen LogP contribution is -2.44. The third kappa shape index (κ3) is 6.49. The molecule has 2 atom stereocenters. The molecule has 2 aromatic heterocycles. The Bertz CT molecular complexity index is 1440. The fourth-order valence-corrected chi connectivity index (χ4v) is 7.24. The molecule has 4 nitrogen and oxygen atoms in total. The molecule has 4 heterocycles. The Morgan fingerprint density at radius 1 is 0.548 bits per heavy atom. The van der Waals surface area contributed by atoms with Crippen molar-refractivity contribution in [3.63, 3.8) is 0 Å². The molecule has 2 fully saturated rings. The van der Waals surface area contributed by atoms with Crippen LogP contribution in [0.15, 0.2) is 69.5 Å². The van der Waals surface area contributed by atoms with Crippen molar-refractivity contribution in [1.29, 1.82) is 0 Å². The average Bonchev–Trinajstić information content (AvgIpc) is 3.68. The van der Waals surface area contributed by atoms with E-state index in [2.05, 4.69) is 21.9 Å². The lowest BCUT2D eigenvalue weighted by Gasteiger charge is -2.40. The van der Waals surface area contributed by atoms with Gasteiger partial charge < -0.3 is 8.83 Å². The SMILES string of the molecule is S=C(C(c1ccc(-c2ccc(Cl)c(Cl)c2)o1)N1CCCCC1)C(c1ccc(-c2ccc(Cl)c(Cl)c2)o1)N1CCCCC1. The topological polar surface area (TPSA) is 32.8 Å². The van der Waals surface area contributed by atoms with Crippen LogP contribution in [-0.4, -0.2) is 40.8 Å². The maximum atomic E-state index is 6.57. The van der Waals surface area contributed by atoms with Crippen molar-refractivity contribution in [2.45, 2.75) is 50.6 Å². The highest BCUT2D eigenvalue weighted by atomic mass is 35.5. The van der Waals surface area contributed by atoms with E-state index in [0.29, 0.717) is 20.1 Å². The monoisotopic (exact) mass is 660 g/mol. The van der Waals surface area contributed by atoms with Crippen molar-refractivity contribution in [3.8, 4) is 22.6 Å². The predicted molar refractivity (Wildman–Crippen MR) is 177 cm³/mol. The van der Waals surface area contributed by atoms with Crippen LogP contribution in [0.4, 0.5) is 0 Å². The van der Waals surface area contributed by atoms with Crippen LogP contribution < -0.4 is 0 Å². The molecular formula is C33H32Cl4N2O2S. The summed E-state index contributed by atoms with van der Waals surface area (Å²) in [5.74, 6) is 3.15. The van der Waals surface area contributed by atoms with Gasteiger partial charge in [-0.3, -0.25) is 9.80 Å². The molecule has 4 aromatic rings. The molecule has 0 spiro atoms. The molecule has 2 unspecified atom stereocenters. The number of hydrogen-bond donors (Lipinski definition) is 0. The number of benzene rings is 2. The summed E-state index contributed by atoms with van der Waals surface area (Å²) >= 11 is 31.5. The molecule has 220 valence electrons. The summed E-state index contributed by atoms with van der Waals surface area (Å²) in [6, 6.07) is 18.9. The minimum atomic E-state index is -0.178. The van der Waals surface area contributed by atoms with Crippen LogP contribution >= 0.6 is 58.6 Å². The van der Waals surface area contributed by atoms with Gasteiger partial charge in [0, 0.05) is 16.0 Å². The highest BCUT2D eigenvalue weighted by Crippen LogP contribution is 2.40. The van der Waals surface area contributed by atoms with Crippen LogP contribution in [-0.2, 0) is 0 Å². The molecule has 0 amide bonds. The Hall–Kier alpha value is -1.83. The van der Waals surface area contributed by atoms with Gasteiger partial charge in [-0.2, -0.15) is 0 Å². The van der Waals surface area contributed by atoms with Gasteiger partial charge in [-0.15, -0.1) is 0 Å². The summed E-state index contributed by atoms with van der Waals surface area (Å²) in [6.07, 6.45) is 6.99. The molecular weight excluding hydrogens is 630 g/mol. The number of nitrogens with zero attached hydrogens (tertiary/aromatic N) is 2. The lowest BCUT2D eigenvalue weighted by molar-refractivity contribution is 0.159. The van der Waals surface area contributed by atoms with Gasteiger partial charge in [0.25, 0.3) is 0 Å². The van der Waals surface area contributed by atoms with Gasteiger partial charge in [0.1, 0.15) is 35.1 Å². The number of likely N-dealkylation sites (tertiary alicyclic amines) is 2. The smallest absolute Gasteiger partial charge is 0.134 e. The summed E-state index contributed by atoms with van der Waals surface area (Å²) in [4.78, 5) is 5.84. The molecule has 0 aliphatic carbocycles. The molecule has 9 heteroatoms. The second-order valence-electron chi connectivity index (χ2n) is 11.1. The van der Waals surface area contributed by atoms with Gasteiger partial charge in [-0.05, 0) is 113 Å². The van der Waals surface area contributed by atoms with E-state index in [9.17, 15) is 0 Å². The van der Waals surface area contributed by atoms with Crippen molar-refractivity contribution < 1.29 is 8.83 Å². The van der Waals surface area contributed by atoms with E-state index < -0.39 is 0 Å². The number of furan rings is 2. The molecule has 0 bridgehead atoms. The summed E-state index contributed by atoms with van der Waals surface area (Å²) < 4.78 is 13.1. The van der Waals surface area contributed by atoms with E-state index in [-0.39, 0.29) is 12.1 Å². The van der Waals surface area contributed by atoms with E-state index in [0.717, 1.165) is 90.9 Å². The number of halogens is 4. The second kappa shape index (κ2) is 13.4.